The first-order valence-electron chi connectivity index (χ1n) is 10.8. The molecule has 186 valence electrons. The van der Waals surface area contributed by atoms with Crippen LogP contribution in [0, 0.1) is 13.8 Å². The van der Waals surface area contributed by atoms with Gasteiger partial charge in [0.1, 0.15) is 12.6 Å². The summed E-state index contributed by atoms with van der Waals surface area (Å²) in [5.41, 5.74) is 2.57. The van der Waals surface area contributed by atoms with Gasteiger partial charge in [0.2, 0.25) is 21.8 Å². The van der Waals surface area contributed by atoms with Crippen LogP contribution in [-0.4, -0.2) is 50.0 Å². The highest BCUT2D eigenvalue weighted by atomic mass is 35.5. The topological polar surface area (TPSA) is 86.8 Å². The van der Waals surface area contributed by atoms with Crippen molar-refractivity contribution < 1.29 is 18.0 Å². The molecule has 0 aliphatic rings. The molecule has 2 aromatic rings. The molecule has 0 saturated heterocycles. The normalized spacial score (nSPS) is 12.4. The minimum Gasteiger partial charge on any atom is -0.352 e. The number of anilines is 1. The van der Waals surface area contributed by atoms with Crippen LogP contribution in [0.25, 0.3) is 0 Å². The maximum absolute atomic E-state index is 13.6. The van der Waals surface area contributed by atoms with E-state index in [0.717, 1.165) is 16.1 Å². The number of aryl methyl sites for hydroxylation is 2. The minimum atomic E-state index is -3.80. The smallest absolute Gasteiger partial charge is 0.244 e. The average molecular weight is 529 g/mol. The Bertz CT molecular complexity index is 1170. The number of benzene rings is 2. The molecule has 7 nitrogen and oxygen atoms in total. The van der Waals surface area contributed by atoms with E-state index in [4.69, 9.17) is 23.2 Å². The molecule has 0 heterocycles. The standard InChI is InChI=1S/C24H31Cl2N3O4S/c1-15(2)27-24(31)18(5)28(13-19-9-10-20(25)12-21(19)26)23(30)14-29(34(6,32)33)22-11-16(3)7-8-17(22)4/h7-12,15,18H,13-14H2,1-6H3,(H,27,31)/t18-/m1/s1. The Morgan fingerprint density at radius 2 is 1.68 bits per heavy atom. The fraction of sp³-hybridized carbons (Fsp3) is 0.417. The zero-order chi connectivity index (χ0) is 25.8. The van der Waals surface area contributed by atoms with Gasteiger partial charge in [-0.3, -0.25) is 13.9 Å². The van der Waals surface area contributed by atoms with Crippen molar-refractivity contribution in [2.24, 2.45) is 0 Å². The van der Waals surface area contributed by atoms with Crippen molar-refractivity contribution in [2.45, 2.75) is 53.2 Å². The molecular formula is C24H31Cl2N3O4S. The fourth-order valence-corrected chi connectivity index (χ4v) is 4.77. The molecule has 0 aliphatic carbocycles. The van der Waals surface area contributed by atoms with E-state index in [9.17, 15) is 18.0 Å². The SMILES string of the molecule is Cc1ccc(C)c(N(CC(=O)N(Cc2ccc(Cl)cc2Cl)[C@H](C)C(=O)NC(C)C)S(C)(=O)=O)c1. The van der Waals surface area contributed by atoms with Gasteiger partial charge in [-0.25, -0.2) is 8.42 Å². The van der Waals surface area contributed by atoms with Gasteiger partial charge in [0.05, 0.1) is 11.9 Å². The Kier molecular flexibility index (Phi) is 9.39. The van der Waals surface area contributed by atoms with Crippen molar-refractivity contribution in [1.29, 1.82) is 0 Å². The fourth-order valence-electron chi connectivity index (χ4n) is 3.40. The number of hydrogen-bond acceptors (Lipinski definition) is 4. The Balaban J connectivity index is 2.47. The number of hydrogen-bond donors (Lipinski definition) is 1. The van der Waals surface area contributed by atoms with Crippen LogP contribution < -0.4 is 9.62 Å². The second-order valence-corrected chi connectivity index (χ2v) is 11.4. The first kappa shape index (κ1) is 28.0. The van der Waals surface area contributed by atoms with E-state index in [0.29, 0.717) is 26.9 Å². The van der Waals surface area contributed by atoms with Crippen molar-refractivity contribution in [3.05, 3.63) is 63.1 Å². The first-order chi connectivity index (χ1) is 15.7. The van der Waals surface area contributed by atoms with Gasteiger partial charge in [-0.05, 0) is 69.5 Å². The Hall–Kier alpha value is -2.29. The third-order valence-electron chi connectivity index (χ3n) is 5.27. The van der Waals surface area contributed by atoms with E-state index in [1.165, 1.54) is 4.90 Å². The van der Waals surface area contributed by atoms with Gasteiger partial charge >= 0.3 is 0 Å². The maximum Gasteiger partial charge on any atom is 0.244 e. The summed E-state index contributed by atoms with van der Waals surface area (Å²) in [5, 5.41) is 3.58. The predicted molar refractivity (Wildman–Crippen MR) is 138 cm³/mol. The lowest BCUT2D eigenvalue weighted by Gasteiger charge is -2.32. The molecule has 2 amide bonds. The molecule has 10 heteroatoms. The van der Waals surface area contributed by atoms with Crippen LogP contribution in [0.4, 0.5) is 5.69 Å². The molecule has 0 unspecified atom stereocenters. The number of carbonyl (C=O) groups excluding carboxylic acids is 2. The summed E-state index contributed by atoms with van der Waals surface area (Å²) in [5.74, 6) is -0.894. The number of sulfonamides is 1. The molecule has 0 bridgehead atoms. The van der Waals surface area contributed by atoms with E-state index in [2.05, 4.69) is 5.32 Å². The highest BCUT2D eigenvalue weighted by Crippen LogP contribution is 2.26. The van der Waals surface area contributed by atoms with Gasteiger partial charge in [0.15, 0.2) is 0 Å². The number of nitrogens with one attached hydrogen (secondary N) is 1. The summed E-state index contributed by atoms with van der Waals surface area (Å²) in [4.78, 5) is 27.7. The number of nitrogens with zero attached hydrogens (tertiary/aromatic N) is 2. The zero-order valence-electron chi connectivity index (χ0n) is 20.2. The van der Waals surface area contributed by atoms with E-state index in [1.54, 1.807) is 44.2 Å². The molecule has 2 rings (SSSR count). The van der Waals surface area contributed by atoms with Gasteiger partial charge < -0.3 is 10.2 Å². The monoisotopic (exact) mass is 527 g/mol. The molecule has 1 atom stereocenters. The lowest BCUT2D eigenvalue weighted by Crippen LogP contribution is -2.52. The van der Waals surface area contributed by atoms with E-state index in [1.807, 2.05) is 26.8 Å². The highest BCUT2D eigenvalue weighted by molar-refractivity contribution is 7.92. The van der Waals surface area contributed by atoms with Gasteiger partial charge in [0.25, 0.3) is 0 Å². The van der Waals surface area contributed by atoms with Gasteiger partial charge in [-0.1, -0.05) is 41.4 Å². The number of halogens is 2. The average Bonchev–Trinajstić information content (AvgIpc) is 2.71. The van der Waals surface area contributed by atoms with Crippen LogP contribution in [0.15, 0.2) is 36.4 Å². The van der Waals surface area contributed by atoms with E-state index >= 15 is 0 Å². The highest BCUT2D eigenvalue weighted by Gasteiger charge is 2.31. The summed E-state index contributed by atoms with van der Waals surface area (Å²) < 4.78 is 26.5. The molecule has 0 aromatic heterocycles. The molecule has 0 fully saturated rings. The lowest BCUT2D eigenvalue weighted by molar-refractivity contribution is -0.139. The van der Waals surface area contributed by atoms with Crippen LogP contribution in [0.2, 0.25) is 10.0 Å². The summed E-state index contributed by atoms with van der Waals surface area (Å²) >= 11 is 12.3. The van der Waals surface area contributed by atoms with E-state index < -0.39 is 28.5 Å². The van der Waals surface area contributed by atoms with Crippen LogP contribution in [0.3, 0.4) is 0 Å². The Morgan fingerprint density at radius 3 is 2.24 bits per heavy atom. The van der Waals surface area contributed by atoms with Crippen molar-refractivity contribution in [2.75, 3.05) is 17.1 Å². The second kappa shape index (κ2) is 11.4. The van der Waals surface area contributed by atoms with Crippen molar-refractivity contribution >= 4 is 50.7 Å². The van der Waals surface area contributed by atoms with E-state index in [-0.39, 0.29) is 18.5 Å². The summed E-state index contributed by atoms with van der Waals surface area (Å²) in [6.45, 7) is 8.40. The third kappa shape index (κ3) is 7.35. The second-order valence-electron chi connectivity index (χ2n) is 8.66. The van der Waals surface area contributed by atoms with Gasteiger partial charge in [-0.2, -0.15) is 0 Å². The zero-order valence-corrected chi connectivity index (χ0v) is 22.6. The Labute approximate surface area is 212 Å². The third-order valence-corrected chi connectivity index (χ3v) is 6.98. The minimum absolute atomic E-state index is 0.00587. The lowest BCUT2D eigenvalue weighted by atomic mass is 10.1. The molecule has 2 aromatic carbocycles. The Morgan fingerprint density at radius 1 is 1.03 bits per heavy atom. The maximum atomic E-state index is 13.6. The van der Waals surface area contributed by atoms with Crippen molar-refractivity contribution in [1.82, 2.24) is 10.2 Å². The summed E-state index contributed by atoms with van der Waals surface area (Å²) in [6.07, 6.45) is 1.05. The number of carbonyl (C=O) groups is 2. The number of amides is 2. The first-order valence-corrected chi connectivity index (χ1v) is 13.4. The predicted octanol–water partition coefficient (Wildman–Crippen LogP) is 4.32. The van der Waals surface area contributed by atoms with Crippen LogP contribution in [0.1, 0.15) is 37.5 Å². The quantitative estimate of drug-likeness (QED) is 0.526. The summed E-state index contributed by atoms with van der Waals surface area (Å²) in [6, 6.07) is 9.26. The van der Waals surface area contributed by atoms with Crippen molar-refractivity contribution in [3.8, 4) is 0 Å². The molecule has 0 spiro atoms. The van der Waals surface area contributed by atoms with Gasteiger partial charge in [-0.15, -0.1) is 0 Å². The molecule has 34 heavy (non-hydrogen) atoms. The largest absolute Gasteiger partial charge is 0.352 e. The van der Waals surface area contributed by atoms with Gasteiger partial charge in [0, 0.05) is 22.6 Å². The van der Waals surface area contributed by atoms with Crippen molar-refractivity contribution in [3.63, 3.8) is 0 Å². The number of rotatable bonds is 9. The molecular weight excluding hydrogens is 497 g/mol. The van der Waals surface area contributed by atoms with Crippen LogP contribution in [-0.2, 0) is 26.2 Å². The molecule has 1 N–H and O–H groups in total. The molecule has 0 radical (unpaired) electrons. The van der Waals surface area contributed by atoms with Crippen LogP contribution in [0.5, 0.6) is 0 Å². The van der Waals surface area contributed by atoms with Crippen LogP contribution >= 0.6 is 23.2 Å². The summed E-state index contributed by atoms with van der Waals surface area (Å²) in [7, 11) is -3.80. The molecule has 0 aliphatic heterocycles. The molecule has 0 saturated carbocycles.